The quantitative estimate of drug-likeness (QED) is 0.845. The lowest BCUT2D eigenvalue weighted by molar-refractivity contribution is -0.118. The number of carbonyl (C=O) groups is 2. The van der Waals surface area contributed by atoms with E-state index in [1.54, 1.807) is 0 Å². The van der Waals surface area contributed by atoms with Gasteiger partial charge in [-0.15, -0.1) is 0 Å². The Hall–Kier alpha value is -3.10. The predicted molar refractivity (Wildman–Crippen MR) is 100 cm³/mol. The van der Waals surface area contributed by atoms with Crippen molar-refractivity contribution in [2.75, 3.05) is 16.8 Å². The fourth-order valence-corrected chi connectivity index (χ4v) is 2.89. The lowest BCUT2D eigenvalue weighted by atomic mass is 9.96. The smallest absolute Gasteiger partial charge is 0.319 e. The molecule has 3 amide bonds. The highest BCUT2D eigenvalue weighted by Crippen LogP contribution is 2.27. The Morgan fingerprint density at radius 2 is 1.79 bits per heavy atom. The molecule has 1 unspecified atom stereocenters. The Bertz CT molecular complexity index is 876. The van der Waals surface area contributed by atoms with Gasteiger partial charge in [0.2, 0.25) is 5.91 Å². The maximum Gasteiger partial charge on any atom is 0.319 e. The van der Waals surface area contributed by atoms with Crippen molar-refractivity contribution < 1.29 is 18.4 Å². The summed E-state index contributed by atoms with van der Waals surface area (Å²) in [4.78, 5) is 34.1. The van der Waals surface area contributed by atoms with Gasteiger partial charge in [-0.25, -0.2) is 23.5 Å². The molecule has 2 N–H and O–H groups in total. The summed E-state index contributed by atoms with van der Waals surface area (Å²) in [5.41, 5.74) is -0.251. The van der Waals surface area contributed by atoms with Crippen LogP contribution in [0.4, 0.5) is 25.0 Å². The van der Waals surface area contributed by atoms with Crippen LogP contribution in [0.15, 0.2) is 30.6 Å². The maximum absolute atomic E-state index is 13.9. The van der Waals surface area contributed by atoms with Crippen molar-refractivity contribution in [3.8, 4) is 0 Å². The number of halogens is 2. The van der Waals surface area contributed by atoms with Crippen molar-refractivity contribution in [3.63, 3.8) is 0 Å². The highest BCUT2D eigenvalue weighted by Gasteiger charge is 2.36. The number of nitrogens with zero attached hydrogens (tertiary/aromatic N) is 3. The van der Waals surface area contributed by atoms with Gasteiger partial charge in [0.05, 0.1) is 18.1 Å². The Kier molecular flexibility index (Phi) is 5.26. The van der Waals surface area contributed by atoms with Gasteiger partial charge < -0.3 is 15.5 Å². The molecular weight excluding hydrogens is 368 g/mol. The fourth-order valence-electron chi connectivity index (χ4n) is 2.89. The first kappa shape index (κ1) is 19.7. The molecular formula is C19H21F2N5O2. The molecule has 1 aliphatic rings. The minimum Gasteiger partial charge on any atom is -0.326 e. The fraction of sp³-hybridized carbons (Fsp3) is 0.368. The summed E-state index contributed by atoms with van der Waals surface area (Å²) in [6.07, 6.45) is 3.19. The van der Waals surface area contributed by atoms with Crippen LogP contribution in [0.25, 0.3) is 0 Å². The number of para-hydroxylation sites is 1. The molecule has 2 heterocycles. The first-order valence-corrected chi connectivity index (χ1v) is 8.82. The molecule has 0 bridgehead atoms. The third-order valence-corrected chi connectivity index (χ3v) is 4.30. The van der Waals surface area contributed by atoms with Crippen molar-refractivity contribution in [2.45, 2.75) is 38.6 Å². The first-order chi connectivity index (χ1) is 13.2. The van der Waals surface area contributed by atoms with Crippen LogP contribution in [0.5, 0.6) is 0 Å². The van der Waals surface area contributed by atoms with Gasteiger partial charge in [0.25, 0.3) is 0 Å². The summed E-state index contributed by atoms with van der Waals surface area (Å²) in [5, 5.41) is 5.07. The number of benzene rings is 1. The second kappa shape index (κ2) is 7.49. The molecule has 3 rings (SSSR count). The Labute approximate surface area is 161 Å². The van der Waals surface area contributed by atoms with E-state index in [0.717, 1.165) is 17.0 Å². The molecule has 28 heavy (non-hydrogen) atoms. The number of rotatable bonds is 3. The predicted octanol–water partition coefficient (Wildman–Crippen LogP) is 2.98. The van der Waals surface area contributed by atoms with Crippen molar-refractivity contribution in [2.24, 2.45) is 0 Å². The molecule has 0 spiro atoms. The monoisotopic (exact) mass is 389 g/mol. The second-order valence-electron chi connectivity index (χ2n) is 7.55. The number of carbonyl (C=O) groups excluding carboxylic acids is 2. The van der Waals surface area contributed by atoms with Crippen molar-refractivity contribution in [1.82, 2.24) is 15.3 Å². The van der Waals surface area contributed by atoms with E-state index in [2.05, 4.69) is 20.6 Å². The van der Waals surface area contributed by atoms with Crippen LogP contribution in [0.3, 0.4) is 0 Å². The zero-order valence-electron chi connectivity index (χ0n) is 15.8. The lowest BCUT2D eigenvalue weighted by Crippen LogP contribution is -2.43. The lowest BCUT2D eigenvalue weighted by Gasteiger charge is -2.19. The minimum atomic E-state index is -0.881. The number of urea groups is 1. The summed E-state index contributed by atoms with van der Waals surface area (Å²) in [7, 11) is 0. The van der Waals surface area contributed by atoms with Gasteiger partial charge in [-0.3, -0.25) is 4.79 Å². The Morgan fingerprint density at radius 3 is 2.36 bits per heavy atom. The summed E-state index contributed by atoms with van der Waals surface area (Å²) in [6, 6.07) is 1.89. The largest absolute Gasteiger partial charge is 0.326 e. The molecule has 1 saturated heterocycles. The molecule has 1 aliphatic heterocycles. The van der Waals surface area contributed by atoms with Crippen molar-refractivity contribution >= 4 is 23.3 Å². The van der Waals surface area contributed by atoms with Crippen LogP contribution in [0.2, 0.25) is 0 Å². The molecule has 1 aromatic heterocycles. The van der Waals surface area contributed by atoms with E-state index < -0.39 is 35.3 Å². The average molecular weight is 389 g/mol. The maximum atomic E-state index is 13.9. The molecule has 148 valence electrons. The molecule has 0 aliphatic carbocycles. The zero-order valence-corrected chi connectivity index (χ0v) is 15.8. The van der Waals surface area contributed by atoms with E-state index in [-0.39, 0.29) is 18.4 Å². The summed E-state index contributed by atoms with van der Waals surface area (Å²) < 4.78 is 27.8. The van der Waals surface area contributed by atoms with Crippen LogP contribution in [-0.2, 0) is 10.2 Å². The third-order valence-electron chi connectivity index (χ3n) is 4.30. The van der Waals surface area contributed by atoms with E-state index in [1.165, 1.54) is 18.5 Å². The van der Waals surface area contributed by atoms with E-state index in [1.807, 2.05) is 20.8 Å². The van der Waals surface area contributed by atoms with E-state index in [9.17, 15) is 18.4 Å². The molecule has 0 radical (unpaired) electrons. The van der Waals surface area contributed by atoms with Crippen molar-refractivity contribution in [1.29, 1.82) is 0 Å². The number of aromatic nitrogens is 2. The number of nitrogens with one attached hydrogen (secondary N) is 2. The van der Waals surface area contributed by atoms with Gasteiger partial charge in [0.1, 0.15) is 29.2 Å². The Balaban J connectivity index is 1.63. The normalized spacial score (nSPS) is 17.0. The van der Waals surface area contributed by atoms with Gasteiger partial charge in [0, 0.05) is 12.0 Å². The van der Waals surface area contributed by atoms with E-state index >= 15 is 0 Å². The van der Waals surface area contributed by atoms with E-state index in [4.69, 9.17) is 0 Å². The van der Waals surface area contributed by atoms with Crippen LogP contribution in [0.1, 0.15) is 33.0 Å². The Morgan fingerprint density at radius 1 is 1.18 bits per heavy atom. The van der Waals surface area contributed by atoms with Gasteiger partial charge in [-0.05, 0) is 18.6 Å². The van der Waals surface area contributed by atoms with Crippen LogP contribution in [-0.4, -0.2) is 34.5 Å². The number of anilines is 2. The highest BCUT2D eigenvalue weighted by molar-refractivity contribution is 6.02. The summed E-state index contributed by atoms with van der Waals surface area (Å²) in [5.74, 6) is -1.59. The van der Waals surface area contributed by atoms with Crippen LogP contribution >= 0.6 is 0 Å². The molecule has 7 nitrogen and oxygen atoms in total. The molecule has 0 saturated carbocycles. The van der Waals surface area contributed by atoms with Gasteiger partial charge in [-0.2, -0.15) is 0 Å². The standard InChI is InChI=1S/C19H21F2N5O2/c1-19(2,3)17-22-9-11(10-23-17)24-18(28)25-14-7-8-26(16(14)27)15-12(20)5-4-6-13(15)21/h4-6,9-10,14H,7-8H2,1-3H3,(H2,24,25,28). The highest BCUT2D eigenvalue weighted by atomic mass is 19.1. The topological polar surface area (TPSA) is 87.2 Å². The number of amides is 3. The minimum absolute atomic E-state index is 0.102. The molecule has 1 fully saturated rings. The number of hydrogen-bond donors (Lipinski definition) is 2. The average Bonchev–Trinajstić information content (AvgIpc) is 2.95. The van der Waals surface area contributed by atoms with Crippen LogP contribution < -0.4 is 15.5 Å². The van der Waals surface area contributed by atoms with Gasteiger partial charge >= 0.3 is 6.03 Å². The second-order valence-corrected chi connectivity index (χ2v) is 7.55. The van der Waals surface area contributed by atoms with E-state index in [0.29, 0.717) is 11.5 Å². The molecule has 2 aromatic rings. The first-order valence-electron chi connectivity index (χ1n) is 8.82. The third kappa shape index (κ3) is 4.08. The van der Waals surface area contributed by atoms with Crippen LogP contribution in [0, 0.1) is 11.6 Å². The number of hydrogen-bond acceptors (Lipinski definition) is 4. The molecule has 1 atom stereocenters. The summed E-state index contributed by atoms with van der Waals surface area (Å²) in [6.45, 7) is 6.01. The van der Waals surface area contributed by atoms with Gasteiger partial charge in [0.15, 0.2) is 0 Å². The summed E-state index contributed by atoms with van der Waals surface area (Å²) >= 11 is 0. The SMILES string of the molecule is CC(C)(C)c1ncc(NC(=O)NC2CCN(c3c(F)cccc3F)C2=O)cn1. The van der Waals surface area contributed by atoms with Gasteiger partial charge in [-0.1, -0.05) is 26.8 Å². The molecule has 1 aromatic carbocycles. The molecule has 9 heteroatoms. The zero-order chi connectivity index (χ0) is 20.5. The van der Waals surface area contributed by atoms with Crippen molar-refractivity contribution in [3.05, 3.63) is 48.1 Å².